The summed E-state index contributed by atoms with van der Waals surface area (Å²) in [6, 6.07) is 9.34. The summed E-state index contributed by atoms with van der Waals surface area (Å²) in [7, 11) is 0. The average molecular weight is 436 g/mol. The van der Waals surface area contributed by atoms with Crippen LogP contribution in [0.2, 0.25) is 0 Å². The molecule has 3 N–H and O–H groups in total. The lowest BCUT2D eigenvalue weighted by molar-refractivity contribution is -0.142. The third-order valence-electron chi connectivity index (χ3n) is 6.33. The van der Waals surface area contributed by atoms with Gasteiger partial charge in [0.25, 0.3) is 11.5 Å². The Morgan fingerprint density at radius 1 is 1.25 bits per heavy atom. The number of carbonyl (C=O) groups is 1. The van der Waals surface area contributed by atoms with Crippen LogP contribution in [0.15, 0.2) is 35.1 Å². The van der Waals surface area contributed by atoms with E-state index in [2.05, 4.69) is 12.2 Å². The molecular weight excluding hydrogens is 406 g/mol. The van der Waals surface area contributed by atoms with Crippen LogP contribution in [0.1, 0.15) is 56.4 Å². The number of rotatable bonds is 6. The highest BCUT2D eigenvalue weighted by Gasteiger charge is 2.41. The van der Waals surface area contributed by atoms with Gasteiger partial charge in [-0.15, -0.1) is 0 Å². The molecule has 32 heavy (non-hydrogen) atoms. The number of fused-ring (bicyclic) bond motifs is 4. The van der Waals surface area contributed by atoms with Crippen LogP contribution < -0.4 is 10.9 Å². The number of nitrogens with zero attached hydrogens (tertiary/aromatic N) is 2. The van der Waals surface area contributed by atoms with Crippen LogP contribution in [0, 0.1) is 0 Å². The number of benzene rings is 1. The topological polar surface area (TPSA) is 104 Å². The van der Waals surface area contributed by atoms with Crippen molar-refractivity contribution >= 4 is 16.8 Å². The van der Waals surface area contributed by atoms with E-state index >= 15 is 0 Å². The van der Waals surface area contributed by atoms with Crippen LogP contribution in [0.25, 0.3) is 22.3 Å². The molecule has 1 aliphatic heterocycles. The number of hydrogen-bond donors (Lipinski definition) is 3. The van der Waals surface area contributed by atoms with Gasteiger partial charge in [0.15, 0.2) is 5.60 Å². The molecule has 0 fully saturated rings. The molecule has 0 unspecified atom stereocenters. The Kier molecular flexibility index (Phi) is 5.65. The second-order valence-electron chi connectivity index (χ2n) is 8.60. The van der Waals surface area contributed by atoms with E-state index in [1.807, 2.05) is 24.3 Å². The quantitative estimate of drug-likeness (QED) is 0.432. The second kappa shape index (κ2) is 8.15. The second-order valence-corrected chi connectivity index (χ2v) is 8.60. The monoisotopic (exact) mass is 435 g/mol. The minimum Gasteiger partial charge on any atom is -0.391 e. The summed E-state index contributed by atoms with van der Waals surface area (Å²) in [6.45, 7) is 7.13. The first-order valence-electron chi connectivity index (χ1n) is 11.1. The van der Waals surface area contributed by atoms with E-state index in [-0.39, 0.29) is 23.6 Å². The first-order valence-corrected chi connectivity index (χ1v) is 11.1. The molecule has 168 valence electrons. The SMILES string of the molecule is CCc1c2c(nc3ccccc13)-c1cc([C@@](O)(CC)C(=O)NC(C)C)c(CO)c(=O)n1C2. The Hall–Kier alpha value is -3.03. The van der Waals surface area contributed by atoms with Gasteiger partial charge in [0.1, 0.15) is 0 Å². The lowest BCUT2D eigenvalue weighted by Crippen LogP contribution is -2.48. The molecule has 3 heterocycles. The van der Waals surface area contributed by atoms with E-state index in [9.17, 15) is 19.8 Å². The summed E-state index contributed by atoms with van der Waals surface area (Å²) in [4.78, 5) is 31.2. The maximum atomic E-state index is 13.4. The zero-order valence-electron chi connectivity index (χ0n) is 18.9. The van der Waals surface area contributed by atoms with Gasteiger partial charge in [-0.25, -0.2) is 4.98 Å². The van der Waals surface area contributed by atoms with Crippen LogP contribution in [0.3, 0.4) is 0 Å². The highest BCUT2D eigenvalue weighted by Crippen LogP contribution is 2.38. The lowest BCUT2D eigenvalue weighted by atomic mass is 9.86. The molecule has 1 atom stereocenters. The van der Waals surface area contributed by atoms with Crippen LogP contribution in [0.4, 0.5) is 0 Å². The molecule has 2 aromatic heterocycles. The zero-order chi connectivity index (χ0) is 23.2. The number of aliphatic hydroxyl groups is 2. The number of amides is 1. The van der Waals surface area contributed by atoms with E-state index in [0.717, 1.165) is 28.5 Å². The van der Waals surface area contributed by atoms with Crippen LogP contribution >= 0.6 is 0 Å². The number of aryl methyl sites for hydroxylation is 1. The minimum atomic E-state index is -1.94. The molecule has 1 aromatic carbocycles. The molecule has 7 heteroatoms. The summed E-state index contributed by atoms with van der Waals surface area (Å²) < 4.78 is 1.58. The van der Waals surface area contributed by atoms with E-state index in [1.54, 1.807) is 31.4 Å². The Labute approximate surface area is 186 Å². The maximum absolute atomic E-state index is 13.4. The largest absolute Gasteiger partial charge is 0.391 e. The van der Waals surface area contributed by atoms with E-state index in [4.69, 9.17) is 4.98 Å². The molecule has 0 spiro atoms. The molecule has 0 saturated heterocycles. The molecule has 4 rings (SSSR count). The molecule has 0 radical (unpaired) electrons. The van der Waals surface area contributed by atoms with Crippen molar-refractivity contribution in [2.45, 2.75) is 65.3 Å². The first-order chi connectivity index (χ1) is 15.3. The van der Waals surface area contributed by atoms with Gasteiger partial charge in [0.05, 0.1) is 30.1 Å². The predicted molar refractivity (Wildman–Crippen MR) is 123 cm³/mol. The fraction of sp³-hybridized carbons (Fsp3) is 0.400. The van der Waals surface area contributed by atoms with Crippen molar-refractivity contribution in [1.82, 2.24) is 14.9 Å². The molecular formula is C25H29N3O4. The molecule has 0 bridgehead atoms. The third kappa shape index (κ3) is 3.24. The highest BCUT2D eigenvalue weighted by molar-refractivity contribution is 5.89. The smallest absolute Gasteiger partial charge is 0.257 e. The van der Waals surface area contributed by atoms with Crippen molar-refractivity contribution in [1.29, 1.82) is 0 Å². The maximum Gasteiger partial charge on any atom is 0.257 e. The normalized spacial score (nSPS) is 14.3. The van der Waals surface area contributed by atoms with Crippen molar-refractivity contribution in [2.24, 2.45) is 0 Å². The Morgan fingerprint density at radius 2 is 1.97 bits per heavy atom. The van der Waals surface area contributed by atoms with Gasteiger partial charge in [-0.05, 0) is 44.4 Å². The van der Waals surface area contributed by atoms with Crippen molar-refractivity contribution in [2.75, 3.05) is 0 Å². The number of nitrogens with one attached hydrogen (secondary N) is 1. The molecule has 0 aliphatic carbocycles. The van der Waals surface area contributed by atoms with E-state index in [1.165, 1.54) is 0 Å². The fourth-order valence-electron chi connectivity index (χ4n) is 4.68. The van der Waals surface area contributed by atoms with Crippen molar-refractivity contribution in [3.63, 3.8) is 0 Å². The number of pyridine rings is 2. The summed E-state index contributed by atoms with van der Waals surface area (Å²) >= 11 is 0. The summed E-state index contributed by atoms with van der Waals surface area (Å²) in [5.74, 6) is -0.590. The van der Waals surface area contributed by atoms with Gasteiger partial charge < -0.3 is 20.1 Å². The Balaban J connectivity index is 2.01. The standard InChI is InChI=1S/C25H29N3O4/c1-5-15-16-9-7-8-10-20(16)27-22-17(15)12-28-21(22)11-19(18(13-29)23(28)30)25(32,6-2)24(31)26-14(3)4/h7-11,14,29,32H,5-6,12-13H2,1-4H3,(H,26,31)/t25-/m0/s1. The van der Waals surface area contributed by atoms with Crippen LogP contribution in [-0.2, 0) is 30.0 Å². The minimum absolute atomic E-state index is 0.0346. The molecule has 7 nitrogen and oxygen atoms in total. The number of aromatic nitrogens is 2. The number of aliphatic hydroxyl groups excluding tert-OH is 1. The fourth-order valence-corrected chi connectivity index (χ4v) is 4.68. The van der Waals surface area contributed by atoms with Crippen molar-refractivity contribution < 1.29 is 15.0 Å². The van der Waals surface area contributed by atoms with Gasteiger partial charge in [-0.3, -0.25) is 9.59 Å². The van der Waals surface area contributed by atoms with Crippen molar-refractivity contribution in [3.8, 4) is 11.4 Å². The molecule has 1 aliphatic rings. The number of hydrogen-bond acceptors (Lipinski definition) is 5. The van der Waals surface area contributed by atoms with Crippen molar-refractivity contribution in [3.05, 3.63) is 62.9 Å². The van der Waals surface area contributed by atoms with Gasteiger partial charge >= 0.3 is 0 Å². The number of carbonyl (C=O) groups excluding carboxylic acids is 1. The van der Waals surface area contributed by atoms with Gasteiger partial charge in [-0.2, -0.15) is 0 Å². The summed E-state index contributed by atoms with van der Waals surface area (Å²) in [5.41, 5.74) is 2.00. The predicted octanol–water partition coefficient (Wildman–Crippen LogP) is 2.60. The van der Waals surface area contributed by atoms with Gasteiger partial charge in [0, 0.05) is 28.1 Å². The number of para-hydroxylation sites is 1. The van der Waals surface area contributed by atoms with Crippen LogP contribution in [-0.4, -0.2) is 31.7 Å². The highest BCUT2D eigenvalue weighted by atomic mass is 16.3. The zero-order valence-corrected chi connectivity index (χ0v) is 18.9. The Bertz CT molecular complexity index is 1280. The lowest BCUT2D eigenvalue weighted by Gasteiger charge is -2.29. The summed E-state index contributed by atoms with van der Waals surface area (Å²) in [6.07, 6.45) is 0.836. The third-order valence-corrected chi connectivity index (χ3v) is 6.33. The van der Waals surface area contributed by atoms with E-state index in [0.29, 0.717) is 17.9 Å². The van der Waals surface area contributed by atoms with Crippen LogP contribution in [0.5, 0.6) is 0 Å². The van der Waals surface area contributed by atoms with E-state index < -0.39 is 23.7 Å². The summed E-state index contributed by atoms with van der Waals surface area (Å²) in [5, 5.41) is 25.3. The average Bonchev–Trinajstić information content (AvgIpc) is 3.14. The first kappa shape index (κ1) is 22.2. The van der Waals surface area contributed by atoms with Gasteiger partial charge in [-0.1, -0.05) is 32.0 Å². The van der Waals surface area contributed by atoms with Gasteiger partial charge in [0.2, 0.25) is 0 Å². The molecule has 1 amide bonds. The molecule has 0 saturated carbocycles. The Morgan fingerprint density at radius 3 is 2.59 bits per heavy atom. The molecule has 3 aromatic rings.